The van der Waals surface area contributed by atoms with Crippen LogP contribution in [0, 0.1) is 20.8 Å². The summed E-state index contributed by atoms with van der Waals surface area (Å²) < 4.78 is 39.5. The van der Waals surface area contributed by atoms with Crippen LogP contribution in [0.15, 0.2) is 35.2 Å². The maximum atomic E-state index is 13.1. The molecular weight excluding hydrogens is 450 g/mol. The van der Waals surface area contributed by atoms with Crippen LogP contribution in [0.25, 0.3) is 11.3 Å². The van der Waals surface area contributed by atoms with Crippen molar-refractivity contribution < 1.29 is 22.7 Å². The number of ether oxygens (including phenoxy) is 2. The molecule has 8 nitrogen and oxygen atoms in total. The summed E-state index contributed by atoms with van der Waals surface area (Å²) in [4.78, 5) is 18.9. The number of sulfonamides is 1. The molecule has 0 saturated heterocycles. The maximum Gasteiger partial charge on any atom is 0.267 e. The zero-order valence-corrected chi connectivity index (χ0v) is 20.0. The average molecular weight is 474 g/mol. The van der Waals surface area contributed by atoms with Crippen LogP contribution >= 0.6 is 11.3 Å². The first kappa shape index (κ1) is 22.1. The lowest BCUT2D eigenvalue weighted by atomic mass is 10.1. The number of rotatable bonds is 5. The molecule has 0 spiro atoms. The normalized spacial score (nSPS) is 13.5. The minimum absolute atomic E-state index is 0.00640. The third kappa shape index (κ3) is 3.91. The van der Waals surface area contributed by atoms with Gasteiger partial charge in [-0.1, -0.05) is 0 Å². The lowest BCUT2D eigenvalue weighted by Gasteiger charge is -2.26. The highest BCUT2D eigenvalue weighted by molar-refractivity contribution is 7.93. The Hall–Kier alpha value is -3.11. The fourth-order valence-electron chi connectivity index (χ4n) is 3.43. The van der Waals surface area contributed by atoms with Crippen LogP contribution in [0.2, 0.25) is 0 Å². The van der Waals surface area contributed by atoms with E-state index in [1.54, 1.807) is 30.1 Å². The number of carbonyl (C=O) groups is 1. The van der Waals surface area contributed by atoms with Crippen LogP contribution in [-0.2, 0) is 14.8 Å². The van der Waals surface area contributed by atoms with E-state index in [1.165, 1.54) is 18.4 Å². The number of hydrogen-bond donors (Lipinski definition) is 1. The van der Waals surface area contributed by atoms with Gasteiger partial charge in [-0.25, -0.2) is 13.4 Å². The van der Waals surface area contributed by atoms with Crippen LogP contribution in [-0.4, -0.2) is 40.1 Å². The van der Waals surface area contributed by atoms with E-state index in [9.17, 15) is 13.2 Å². The number of likely N-dealkylation sites (N-methyl/N-ethyl adjacent to an activating group) is 1. The topological polar surface area (TPSA) is 97.8 Å². The van der Waals surface area contributed by atoms with E-state index in [4.69, 9.17) is 9.47 Å². The molecule has 0 saturated carbocycles. The summed E-state index contributed by atoms with van der Waals surface area (Å²) in [7, 11) is -0.778. The first-order chi connectivity index (χ1) is 15.1. The molecule has 1 N–H and O–H groups in total. The quantitative estimate of drug-likeness (QED) is 0.604. The molecule has 2 aromatic carbocycles. The van der Waals surface area contributed by atoms with Gasteiger partial charge < -0.3 is 14.4 Å². The number of amides is 1. The molecule has 32 heavy (non-hydrogen) atoms. The predicted molar refractivity (Wildman–Crippen MR) is 124 cm³/mol. The second-order valence-corrected chi connectivity index (χ2v) is 10.4. The van der Waals surface area contributed by atoms with Gasteiger partial charge in [0, 0.05) is 17.5 Å². The van der Waals surface area contributed by atoms with Crippen molar-refractivity contribution in [1.82, 2.24) is 4.98 Å². The van der Waals surface area contributed by atoms with Gasteiger partial charge in [-0.15, -0.1) is 11.3 Å². The Bertz CT molecular complexity index is 1330. The van der Waals surface area contributed by atoms with Crippen LogP contribution in [0.3, 0.4) is 0 Å². The van der Waals surface area contributed by atoms with E-state index in [1.807, 2.05) is 32.9 Å². The van der Waals surface area contributed by atoms with Gasteiger partial charge in [-0.05, 0) is 62.2 Å². The number of aryl methyl sites for hydroxylation is 3. The van der Waals surface area contributed by atoms with Gasteiger partial charge in [-0.2, -0.15) is 0 Å². The number of aromatic nitrogens is 1. The molecule has 0 atom stereocenters. The highest BCUT2D eigenvalue weighted by Gasteiger charge is 2.25. The molecule has 0 aliphatic carbocycles. The van der Waals surface area contributed by atoms with Gasteiger partial charge >= 0.3 is 0 Å². The molecule has 168 valence electrons. The van der Waals surface area contributed by atoms with E-state index >= 15 is 0 Å². The third-order valence-corrected chi connectivity index (χ3v) is 7.78. The summed E-state index contributed by atoms with van der Waals surface area (Å²) in [5.41, 5.74) is 3.82. The molecule has 1 aliphatic heterocycles. The smallest absolute Gasteiger partial charge is 0.267 e. The van der Waals surface area contributed by atoms with Gasteiger partial charge in [0.2, 0.25) is 0 Å². The van der Waals surface area contributed by atoms with Crippen LogP contribution in [0.1, 0.15) is 16.0 Å². The van der Waals surface area contributed by atoms with Gasteiger partial charge in [0.25, 0.3) is 15.9 Å². The number of nitrogens with one attached hydrogen (secondary N) is 1. The molecule has 0 bridgehead atoms. The molecule has 3 aromatic rings. The minimum Gasteiger partial charge on any atom is -0.495 e. The van der Waals surface area contributed by atoms with Crippen molar-refractivity contribution in [2.45, 2.75) is 25.7 Å². The van der Waals surface area contributed by atoms with Crippen molar-refractivity contribution in [2.24, 2.45) is 0 Å². The Kier molecular flexibility index (Phi) is 5.59. The summed E-state index contributed by atoms with van der Waals surface area (Å²) in [6.07, 6.45) is 0. The van der Waals surface area contributed by atoms with Crippen molar-refractivity contribution in [1.29, 1.82) is 0 Å². The Morgan fingerprint density at radius 1 is 1.16 bits per heavy atom. The van der Waals surface area contributed by atoms with Gasteiger partial charge in [0.1, 0.15) is 16.4 Å². The predicted octanol–water partition coefficient (Wildman–Crippen LogP) is 3.90. The standard InChI is InChI=1S/C22H23N3O5S2/c1-12-8-18(29-5)19(9-13(12)2)32(27,28)24-22-23-21(14(3)31-22)15-6-7-17-16(10-15)25(4)20(26)11-30-17/h6-10H,11H2,1-5H3,(H,23,24). The van der Waals surface area contributed by atoms with E-state index in [0.29, 0.717) is 17.1 Å². The molecule has 10 heteroatoms. The van der Waals surface area contributed by atoms with Gasteiger partial charge in [0.15, 0.2) is 11.7 Å². The summed E-state index contributed by atoms with van der Waals surface area (Å²) in [6.45, 7) is 5.62. The zero-order valence-electron chi connectivity index (χ0n) is 18.3. The second kappa shape index (κ2) is 8.10. The Morgan fingerprint density at radius 3 is 2.59 bits per heavy atom. The first-order valence-corrected chi connectivity index (χ1v) is 12.1. The molecular formula is C22H23N3O5S2. The van der Waals surface area contributed by atoms with Crippen molar-refractivity contribution in [3.8, 4) is 22.8 Å². The monoisotopic (exact) mass is 473 g/mol. The van der Waals surface area contributed by atoms with E-state index < -0.39 is 10.0 Å². The van der Waals surface area contributed by atoms with E-state index in [2.05, 4.69) is 9.71 Å². The molecule has 1 aromatic heterocycles. The Labute approximate surface area is 190 Å². The van der Waals surface area contributed by atoms with Crippen molar-refractivity contribution >= 4 is 38.1 Å². The SMILES string of the molecule is COc1cc(C)c(C)cc1S(=O)(=O)Nc1nc(-c2ccc3c(c2)N(C)C(=O)CO3)c(C)s1. The Balaban J connectivity index is 1.68. The lowest BCUT2D eigenvalue weighted by molar-refractivity contribution is -0.120. The molecule has 0 fully saturated rings. The first-order valence-electron chi connectivity index (χ1n) is 9.80. The maximum absolute atomic E-state index is 13.1. The highest BCUT2D eigenvalue weighted by atomic mass is 32.2. The molecule has 1 amide bonds. The molecule has 0 radical (unpaired) electrons. The number of carbonyl (C=O) groups excluding carboxylic acids is 1. The van der Waals surface area contributed by atoms with E-state index in [-0.39, 0.29) is 28.3 Å². The summed E-state index contributed by atoms with van der Waals surface area (Å²) in [5, 5.41) is 0.246. The summed E-state index contributed by atoms with van der Waals surface area (Å²) >= 11 is 1.24. The molecule has 1 aliphatic rings. The summed E-state index contributed by atoms with van der Waals surface area (Å²) in [5.74, 6) is 0.753. The lowest BCUT2D eigenvalue weighted by Crippen LogP contribution is -2.35. The van der Waals surface area contributed by atoms with Crippen LogP contribution in [0.4, 0.5) is 10.8 Å². The largest absolute Gasteiger partial charge is 0.495 e. The fourth-order valence-corrected chi connectivity index (χ4v) is 5.74. The molecule has 4 rings (SSSR count). The highest BCUT2D eigenvalue weighted by Crippen LogP contribution is 2.38. The summed E-state index contributed by atoms with van der Waals surface area (Å²) in [6, 6.07) is 8.74. The van der Waals surface area contributed by atoms with E-state index in [0.717, 1.165) is 21.6 Å². The second-order valence-electron chi connectivity index (χ2n) is 7.54. The number of hydrogen-bond acceptors (Lipinski definition) is 7. The number of fused-ring (bicyclic) bond motifs is 1. The number of anilines is 2. The number of methoxy groups -OCH3 is 1. The average Bonchev–Trinajstić information content (AvgIpc) is 3.11. The van der Waals surface area contributed by atoms with Crippen LogP contribution in [0.5, 0.6) is 11.5 Å². The third-order valence-electron chi connectivity index (χ3n) is 5.41. The molecule has 0 unspecified atom stereocenters. The molecule has 2 heterocycles. The Morgan fingerprint density at radius 2 is 1.88 bits per heavy atom. The van der Waals surface area contributed by atoms with Crippen LogP contribution < -0.4 is 19.1 Å². The van der Waals surface area contributed by atoms with Crippen molar-refractivity contribution in [3.05, 3.63) is 46.3 Å². The number of benzene rings is 2. The van der Waals surface area contributed by atoms with Crippen molar-refractivity contribution in [2.75, 3.05) is 30.4 Å². The minimum atomic E-state index is -3.91. The van der Waals surface area contributed by atoms with Gasteiger partial charge in [-0.3, -0.25) is 9.52 Å². The number of nitrogens with zero attached hydrogens (tertiary/aromatic N) is 2. The van der Waals surface area contributed by atoms with Gasteiger partial charge in [0.05, 0.1) is 18.5 Å². The zero-order chi connectivity index (χ0) is 23.2. The van der Waals surface area contributed by atoms with Crippen molar-refractivity contribution in [3.63, 3.8) is 0 Å². The number of thiazole rings is 1. The fraction of sp³-hybridized carbons (Fsp3) is 0.273.